The second-order valence-electron chi connectivity index (χ2n) is 8.64. The molecule has 0 bridgehead atoms. The van der Waals surface area contributed by atoms with Crippen molar-refractivity contribution in [3.05, 3.63) is 47.5 Å². The minimum Gasteiger partial charge on any atom is -0.374 e. The van der Waals surface area contributed by atoms with Gasteiger partial charge in [0.2, 0.25) is 0 Å². The molecular formula is C25H35N5O. The monoisotopic (exact) mass is 421 g/mol. The minimum absolute atomic E-state index is 0.0220. The lowest BCUT2D eigenvalue weighted by atomic mass is 10.0. The van der Waals surface area contributed by atoms with Crippen LogP contribution in [0.1, 0.15) is 57.1 Å². The SMILES string of the molecule is CC(=N)C=CC(=N)c1cc2cc(C)ccc2nc1NCCC(N)C(C)OC1CCCC1. The molecule has 1 heterocycles. The van der Waals surface area contributed by atoms with Gasteiger partial charge in [0.1, 0.15) is 5.82 Å². The molecule has 1 saturated carbocycles. The Labute approximate surface area is 185 Å². The van der Waals surface area contributed by atoms with E-state index < -0.39 is 0 Å². The molecule has 0 amide bonds. The van der Waals surface area contributed by atoms with Crippen LogP contribution in [0.25, 0.3) is 10.9 Å². The first kappa shape index (κ1) is 23.1. The van der Waals surface area contributed by atoms with E-state index in [1.807, 2.05) is 25.1 Å². The molecule has 1 fully saturated rings. The molecule has 0 radical (unpaired) electrons. The summed E-state index contributed by atoms with van der Waals surface area (Å²) >= 11 is 0. The van der Waals surface area contributed by atoms with Gasteiger partial charge in [0.25, 0.3) is 0 Å². The van der Waals surface area contributed by atoms with Crippen molar-refractivity contribution in [2.45, 2.75) is 71.1 Å². The third-order valence-corrected chi connectivity index (χ3v) is 5.84. The van der Waals surface area contributed by atoms with Crippen molar-refractivity contribution >= 4 is 28.1 Å². The number of ether oxygens (including phenoxy) is 1. The summed E-state index contributed by atoms with van der Waals surface area (Å²) in [5.74, 6) is 0.671. The Morgan fingerprint density at radius 3 is 2.71 bits per heavy atom. The quantitative estimate of drug-likeness (QED) is 0.406. The molecule has 1 aliphatic rings. The number of nitrogens with two attached hydrogens (primary N) is 1. The Kier molecular flexibility index (Phi) is 7.93. The number of aromatic nitrogens is 1. The van der Waals surface area contributed by atoms with Crippen LogP contribution in [-0.4, -0.2) is 41.2 Å². The predicted octanol–water partition coefficient (Wildman–Crippen LogP) is 4.98. The summed E-state index contributed by atoms with van der Waals surface area (Å²) in [7, 11) is 0. The Morgan fingerprint density at radius 1 is 1.26 bits per heavy atom. The Morgan fingerprint density at radius 2 is 2.00 bits per heavy atom. The molecule has 3 rings (SSSR count). The number of rotatable bonds is 10. The highest BCUT2D eigenvalue weighted by Crippen LogP contribution is 2.24. The maximum Gasteiger partial charge on any atom is 0.136 e. The number of anilines is 1. The first-order chi connectivity index (χ1) is 14.8. The van der Waals surface area contributed by atoms with E-state index in [9.17, 15) is 0 Å². The van der Waals surface area contributed by atoms with Gasteiger partial charge in [-0.05, 0) is 70.4 Å². The molecule has 31 heavy (non-hydrogen) atoms. The molecule has 2 aromatic rings. The first-order valence-corrected chi connectivity index (χ1v) is 11.2. The fourth-order valence-corrected chi connectivity index (χ4v) is 3.95. The van der Waals surface area contributed by atoms with Gasteiger partial charge in [-0.25, -0.2) is 4.98 Å². The molecule has 166 valence electrons. The van der Waals surface area contributed by atoms with E-state index in [1.165, 1.54) is 12.8 Å². The van der Waals surface area contributed by atoms with E-state index in [4.69, 9.17) is 26.3 Å². The maximum absolute atomic E-state index is 8.50. The highest BCUT2D eigenvalue weighted by molar-refractivity contribution is 6.13. The second-order valence-corrected chi connectivity index (χ2v) is 8.64. The van der Waals surface area contributed by atoms with Crippen molar-refractivity contribution in [1.82, 2.24) is 4.98 Å². The summed E-state index contributed by atoms with van der Waals surface area (Å²) in [5, 5.41) is 20.5. The zero-order valence-corrected chi connectivity index (χ0v) is 18.9. The van der Waals surface area contributed by atoms with Crippen molar-refractivity contribution in [3.63, 3.8) is 0 Å². The molecule has 0 aliphatic heterocycles. The maximum atomic E-state index is 8.50. The number of aryl methyl sites for hydroxylation is 1. The highest BCUT2D eigenvalue weighted by Gasteiger charge is 2.21. The molecule has 5 N–H and O–H groups in total. The predicted molar refractivity (Wildman–Crippen MR) is 130 cm³/mol. The van der Waals surface area contributed by atoms with Crippen LogP contribution in [0, 0.1) is 17.7 Å². The van der Waals surface area contributed by atoms with E-state index in [2.05, 4.69) is 18.3 Å². The van der Waals surface area contributed by atoms with Gasteiger partial charge in [0, 0.05) is 29.2 Å². The zero-order chi connectivity index (χ0) is 22.4. The minimum atomic E-state index is -0.0560. The van der Waals surface area contributed by atoms with Crippen LogP contribution in [0.15, 0.2) is 36.4 Å². The molecule has 6 heteroatoms. The van der Waals surface area contributed by atoms with Gasteiger partial charge in [-0.2, -0.15) is 0 Å². The lowest BCUT2D eigenvalue weighted by molar-refractivity contribution is -0.0114. The number of pyridine rings is 1. The van der Waals surface area contributed by atoms with Crippen LogP contribution < -0.4 is 11.1 Å². The van der Waals surface area contributed by atoms with Gasteiger partial charge < -0.3 is 26.6 Å². The molecule has 1 aliphatic carbocycles. The summed E-state index contributed by atoms with van der Waals surface area (Å²) in [6.07, 6.45) is 9.20. The average Bonchev–Trinajstić information content (AvgIpc) is 3.24. The number of nitrogens with zero attached hydrogens (tertiary/aromatic N) is 1. The van der Waals surface area contributed by atoms with Crippen molar-refractivity contribution < 1.29 is 4.74 Å². The van der Waals surface area contributed by atoms with Crippen LogP contribution in [0.4, 0.5) is 5.82 Å². The fourth-order valence-electron chi connectivity index (χ4n) is 3.95. The van der Waals surface area contributed by atoms with Gasteiger partial charge in [-0.15, -0.1) is 0 Å². The molecule has 1 aromatic carbocycles. The third kappa shape index (κ3) is 6.45. The molecule has 2 unspecified atom stereocenters. The van der Waals surface area contributed by atoms with E-state index in [0.29, 0.717) is 29.9 Å². The topological polar surface area (TPSA) is 108 Å². The van der Waals surface area contributed by atoms with E-state index in [-0.39, 0.29) is 12.1 Å². The summed E-state index contributed by atoms with van der Waals surface area (Å²) in [4.78, 5) is 4.78. The second kappa shape index (κ2) is 10.6. The number of benzene rings is 1. The molecule has 6 nitrogen and oxygen atoms in total. The number of nitrogens with one attached hydrogen (secondary N) is 3. The Hall–Kier alpha value is -2.57. The van der Waals surface area contributed by atoms with Crippen LogP contribution in [0.3, 0.4) is 0 Å². The molecule has 1 aromatic heterocycles. The lowest BCUT2D eigenvalue weighted by Crippen LogP contribution is -2.38. The fraction of sp³-hybridized carbons (Fsp3) is 0.480. The van der Waals surface area contributed by atoms with Crippen LogP contribution in [-0.2, 0) is 4.74 Å². The molecule has 0 saturated heterocycles. The molecular weight excluding hydrogens is 386 g/mol. The van der Waals surface area contributed by atoms with Crippen molar-refractivity contribution in [1.29, 1.82) is 10.8 Å². The van der Waals surface area contributed by atoms with E-state index in [1.54, 1.807) is 19.1 Å². The molecule has 0 spiro atoms. The Balaban J connectivity index is 1.71. The normalized spacial score (nSPS) is 16.6. The first-order valence-electron chi connectivity index (χ1n) is 11.2. The largest absolute Gasteiger partial charge is 0.374 e. The van der Waals surface area contributed by atoms with E-state index >= 15 is 0 Å². The van der Waals surface area contributed by atoms with Crippen LogP contribution in [0.5, 0.6) is 0 Å². The molecule has 2 atom stereocenters. The van der Waals surface area contributed by atoms with E-state index in [0.717, 1.165) is 41.3 Å². The van der Waals surface area contributed by atoms with Crippen LogP contribution in [0.2, 0.25) is 0 Å². The summed E-state index contributed by atoms with van der Waals surface area (Å²) < 4.78 is 6.13. The Bertz CT molecular complexity index is 962. The van der Waals surface area contributed by atoms with Crippen molar-refractivity contribution in [2.24, 2.45) is 5.73 Å². The lowest BCUT2D eigenvalue weighted by Gasteiger charge is -2.24. The number of hydrogen-bond acceptors (Lipinski definition) is 6. The van der Waals surface area contributed by atoms with Crippen LogP contribution >= 0.6 is 0 Å². The summed E-state index contributed by atoms with van der Waals surface area (Å²) in [6, 6.07) is 8.06. The zero-order valence-electron chi connectivity index (χ0n) is 18.9. The van der Waals surface area contributed by atoms with Crippen molar-refractivity contribution in [3.8, 4) is 0 Å². The van der Waals surface area contributed by atoms with Gasteiger partial charge >= 0.3 is 0 Å². The number of hydrogen-bond donors (Lipinski definition) is 4. The standard InChI is InChI=1S/C25H35N5O/c1-16-8-11-24-19(14-16)15-21(23(28)10-9-17(2)26)25(30-24)29-13-12-22(27)18(3)31-20-6-4-5-7-20/h8-11,14-15,18,20,22,26,28H,4-7,12-13,27H2,1-3H3,(H,29,30). The van der Waals surface area contributed by atoms with Crippen molar-refractivity contribution in [2.75, 3.05) is 11.9 Å². The van der Waals surface area contributed by atoms with Gasteiger partial charge in [0.15, 0.2) is 0 Å². The summed E-state index contributed by atoms with van der Waals surface area (Å²) in [6.45, 7) is 6.45. The smallest absolute Gasteiger partial charge is 0.136 e. The number of allylic oxidation sites excluding steroid dienone is 2. The van der Waals surface area contributed by atoms with Gasteiger partial charge in [-0.3, -0.25) is 0 Å². The highest BCUT2D eigenvalue weighted by atomic mass is 16.5. The average molecular weight is 422 g/mol. The van der Waals surface area contributed by atoms with Gasteiger partial charge in [-0.1, -0.05) is 24.5 Å². The number of fused-ring (bicyclic) bond motifs is 1. The summed E-state index contributed by atoms with van der Waals surface area (Å²) in [5.41, 5.74) is 9.88. The third-order valence-electron chi connectivity index (χ3n) is 5.84. The van der Waals surface area contributed by atoms with Gasteiger partial charge in [0.05, 0.1) is 23.4 Å².